The summed E-state index contributed by atoms with van der Waals surface area (Å²) in [6, 6.07) is 7.85. The first kappa shape index (κ1) is 10.6. The molecule has 2 nitrogen and oxygen atoms in total. The fourth-order valence-corrected chi connectivity index (χ4v) is 1.19. The van der Waals surface area contributed by atoms with Gasteiger partial charge in [-0.2, -0.15) is 5.26 Å². The molecule has 0 aromatic heterocycles. The van der Waals surface area contributed by atoms with E-state index in [2.05, 4.69) is 13.0 Å². The van der Waals surface area contributed by atoms with Crippen LogP contribution in [0, 0.1) is 17.4 Å². The Morgan fingerprint density at radius 1 is 1.43 bits per heavy atom. The van der Waals surface area contributed by atoms with Gasteiger partial charge in [-0.3, -0.25) is 0 Å². The second kappa shape index (κ2) is 4.66. The second-order valence-corrected chi connectivity index (χ2v) is 3.31. The van der Waals surface area contributed by atoms with Gasteiger partial charge in [0.25, 0.3) is 0 Å². The van der Waals surface area contributed by atoms with Crippen molar-refractivity contribution in [2.75, 3.05) is 0 Å². The maximum absolute atomic E-state index is 8.91. The molecule has 0 spiro atoms. The zero-order chi connectivity index (χ0) is 10.6. The Kier molecular flexibility index (Phi) is 3.53. The van der Waals surface area contributed by atoms with Gasteiger partial charge in [-0.15, -0.1) is 0 Å². The lowest BCUT2D eigenvalue weighted by Crippen LogP contribution is -1.98. The largest absolute Gasteiger partial charge is 0.482 e. The number of nitriles is 1. The van der Waals surface area contributed by atoms with E-state index < -0.39 is 0 Å². The van der Waals surface area contributed by atoms with Gasteiger partial charge in [0.15, 0.2) is 0 Å². The third-order valence-electron chi connectivity index (χ3n) is 1.89. The molecule has 0 bridgehead atoms. The van der Waals surface area contributed by atoms with Gasteiger partial charge in [0.1, 0.15) is 17.9 Å². The molecule has 0 unspecified atom stereocenters. The molecule has 1 aromatic rings. The summed E-state index contributed by atoms with van der Waals surface area (Å²) >= 11 is 0. The predicted molar refractivity (Wildman–Crippen MR) is 55.8 cm³/mol. The van der Waals surface area contributed by atoms with Crippen LogP contribution in [0.5, 0.6) is 5.75 Å². The molecule has 0 saturated carbocycles. The molecule has 0 N–H and O–H groups in total. The number of ether oxygens (including phenoxy) is 1. The molecule has 0 heterocycles. The third-order valence-corrected chi connectivity index (χ3v) is 1.89. The van der Waals surface area contributed by atoms with Gasteiger partial charge in [0.2, 0.25) is 0 Å². The molecular formula is C12H14NO. The quantitative estimate of drug-likeness (QED) is 0.730. The van der Waals surface area contributed by atoms with Gasteiger partial charge in [-0.05, 0) is 38.0 Å². The van der Waals surface area contributed by atoms with Crippen LogP contribution in [0.25, 0.3) is 0 Å². The van der Waals surface area contributed by atoms with Crippen molar-refractivity contribution < 1.29 is 4.74 Å². The van der Waals surface area contributed by atoms with Gasteiger partial charge in [-0.1, -0.05) is 13.0 Å². The number of nitrogens with zero attached hydrogens (tertiary/aromatic N) is 1. The smallest absolute Gasteiger partial charge is 0.142 e. The number of hydrogen-bond donors (Lipinski definition) is 0. The van der Waals surface area contributed by atoms with Crippen LogP contribution < -0.4 is 4.74 Å². The highest BCUT2D eigenvalue weighted by molar-refractivity contribution is 5.45. The zero-order valence-electron chi connectivity index (χ0n) is 8.79. The summed E-state index contributed by atoms with van der Waals surface area (Å²) < 4.78 is 5.43. The molecule has 0 aliphatic rings. The summed E-state index contributed by atoms with van der Waals surface area (Å²) in [7, 11) is 0. The lowest BCUT2D eigenvalue weighted by molar-refractivity contribution is 0.344. The van der Waals surface area contributed by atoms with E-state index >= 15 is 0 Å². The highest BCUT2D eigenvalue weighted by atomic mass is 16.5. The first-order chi connectivity index (χ1) is 6.67. The van der Waals surface area contributed by atoms with Crippen molar-refractivity contribution in [1.82, 2.24) is 0 Å². The number of aryl methyl sites for hydroxylation is 1. The van der Waals surface area contributed by atoms with Gasteiger partial charge in [0, 0.05) is 0 Å². The Labute approximate surface area is 85.1 Å². The van der Waals surface area contributed by atoms with Gasteiger partial charge in [-0.25, -0.2) is 0 Å². The topological polar surface area (TPSA) is 33.0 Å². The van der Waals surface area contributed by atoms with E-state index in [9.17, 15) is 0 Å². The Morgan fingerprint density at radius 3 is 2.64 bits per heavy atom. The van der Waals surface area contributed by atoms with E-state index in [0.717, 1.165) is 18.1 Å². The Morgan fingerprint density at radius 2 is 2.14 bits per heavy atom. The first-order valence-corrected chi connectivity index (χ1v) is 4.68. The van der Waals surface area contributed by atoms with Crippen molar-refractivity contribution in [1.29, 1.82) is 5.26 Å². The lowest BCUT2D eigenvalue weighted by Gasteiger charge is -2.10. The standard InChI is InChI=1S/C12H14NO/c1-4-10-5-6-12(14-9(2)3)11(7-10)8-13/h5-7H,4H2,1-3H3. The van der Waals surface area contributed by atoms with E-state index in [-0.39, 0.29) is 0 Å². The Balaban J connectivity index is 3.01. The van der Waals surface area contributed by atoms with Gasteiger partial charge >= 0.3 is 0 Å². The van der Waals surface area contributed by atoms with Crippen LogP contribution >= 0.6 is 0 Å². The Hall–Kier alpha value is -1.49. The summed E-state index contributed by atoms with van der Waals surface area (Å²) in [5, 5.41) is 8.91. The van der Waals surface area contributed by atoms with Crippen molar-refractivity contribution in [3.05, 3.63) is 35.4 Å². The molecular weight excluding hydrogens is 174 g/mol. The van der Waals surface area contributed by atoms with Gasteiger partial charge in [0.05, 0.1) is 5.56 Å². The van der Waals surface area contributed by atoms with Crippen LogP contribution in [0.15, 0.2) is 18.2 Å². The van der Waals surface area contributed by atoms with Crippen molar-refractivity contribution in [2.45, 2.75) is 27.2 Å². The van der Waals surface area contributed by atoms with Crippen LogP contribution in [-0.2, 0) is 6.42 Å². The van der Waals surface area contributed by atoms with Crippen LogP contribution in [0.2, 0.25) is 0 Å². The second-order valence-electron chi connectivity index (χ2n) is 3.31. The molecule has 2 heteroatoms. The van der Waals surface area contributed by atoms with Crippen LogP contribution in [0.1, 0.15) is 31.9 Å². The summed E-state index contributed by atoms with van der Waals surface area (Å²) in [6.07, 6.45) is 1.77. The molecule has 0 saturated heterocycles. The van der Waals surface area contributed by atoms with E-state index in [1.54, 1.807) is 0 Å². The normalized spacial score (nSPS) is 9.93. The zero-order valence-corrected chi connectivity index (χ0v) is 8.79. The van der Waals surface area contributed by atoms with E-state index in [1.165, 1.54) is 0 Å². The maximum Gasteiger partial charge on any atom is 0.142 e. The molecule has 0 aliphatic carbocycles. The molecule has 0 atom stereocenters. The van der Waals surface area contributed by atoms with E-state index in [1.807, 2.05) is 32.0 Å². The fourth-order valence-electron chi connectivity index (χ4n) is 1.19. The summed E-state index contributed by atoms with van der Waals surface area (Å²) in [5.41, 5.74) is 1.76. The summed E-state index contributed by atoms with van der Waals surface area (Å²) in [6.45, 7) is 5.80. The molecule has 73 valence electrons. The average molecular weight is 188 g/mol. The maximum atomic E-state index is 8.91. The van der Waals surface area contributed by atoms with Crippen molar-refractivity contribution in [2.24, 2.45) is 0 Å². The van der Waals surface area contributed by atoms with Crippen molar-refractivity contribution in [3.63, 3.8) is 0 Å². The fraction of sp³-hybridized carbons (Fsp3) is 0.333. The molecule has 14 heavy (non-hydrogen) atoms. The lowest BCUT2D eigenvalue weighted by atomic mass is 10.1. The monoisotopic (exact) mass is 188 g/mol. The van der Waals surface area contributed by atoms with E-state index in [4.69, 9.17) is 10.00 Å². The molecule has 1 rings (SSSR count). The summed E-state index contributed by atoms with van der Waals surface area (Å²) in [4.78, 5) is 0. The Bertz CT molecular complexity index is 350. The molecule has 0 fully saturated rings. The third kappa shape index (κ3) is 2.50. The van der Waals surface area contributed by atoms with Crippen LogP contribution in [0.4, 0.5) is 0 Å². The van der Waals surface area contributed by atoms with Gasteiger partial charge < -0.3 is 4.74 Å². The highest BCUT2D eigenvalue weighted by Gasteiger charge is 2.06. The molecule has 1 aromatic carbocycles. The molecule has 0 aliphatic heterocycles. The van der Waals surface area contributed by atoms with Crippen LogP contribution in [0.3, 0.4) is 0 Å². The minimum atomic E-state index is 0.602. The minimum Gasteiger partial charge on any atom is -0.482 e. The highest BCUT2D eigenvalue weighted by Crippen LogP contribution is 2.22. The van der Waals surface area contributed by atoms with E-state index in [0.29, 0.717) is 11.3 Å². The first-order valence-electron chi connectivity index (χ1n) is 4.68. The van der Waals surface area contributed by atoms with Crippen LogP contribution in [-0.4, -0.2) is 0 Å². The minimum absolute atomic E-state index is 0.602. The number of rotatable bonds is 3. The molecule has 1 radical (unpaired) electrons. The predicted octanol–water partition coefficient (Wildman–Crippen LogP) is 3.07. The van der Waals surface area contributed by atoms with Crippen molar-refractivity contribution >= 4 is 0 Å². The summed E-state index contributed by atoms with van der Waals surface area (Å²) in [5.74, 6) is 0.643. The number of benzene rings is 1. The molecule has 0 amide bonds. The average Bonchev–Trinajstić information content (AvgIpc) is 2.17. The number of hydrogen-bond acceptors (Lipinski definition) is 2. The van der Waals surface area contributed by atoms with Crippen molar-refractivity contribution in [3.8, 4) is 11.8 Å². The SMILES string of the molecule is CCc1ccc(O[C](C)C)c(C#N)c1.